The van der Waals surface area contributed by atoms with Gasteiger partial charge in [-0.25, -0.2) is 0 Å². The fraction of sp³-hybridized carbons (Fsp3) is 0. The molecule has 0 fully saturated rings. The van der Waals surface area contributed by atoms with Gasteiger partial charge in [0, 0.05) is 12.9 Å². The molecule has 0 saturated heterocycles. The number of hydrogen-bond donors (Lipinski definition) is 2. The molecule has 0 amide bonds. The fourth-order valence-electron chi connectivity index (χ4n) is 0.900. The summed E-state index contributed by atoms with van der Waals surface area (Å²) >= 11 is 3.21. The Hall–Kier alpha value is -1.38. The van der Waals surface area contributed by atoms with Crippen LogP contribution in [0.5, 0.6) is 5.75 Å². The van der Waals surface area contributed by atoms with Crippen molar-refractivity contribution in [1.29, 1.82) is 5.39 Å². The molecule has 0 aliphatic carbocycles. The van der Waals surface area contributed by atoms with E-state index >= 15 is 0 Å². The molecule has 0 aliphatic heterocycles. The van der Waals surface area contributed by atoms with Crippen molar-refractivity contribution in [1.82, 2.24) is 0 Å². The molecule has 86 valence electrons. The smallest absolute Gasteiger partial charge is 0.307 e. The lowest BCUT2D eigenvalue weighted by Gasteiger charge is -1.99. The first kappa shape index (κ1) is 12.7. The Morgan fingerprint density at radius 2 is 2.12 bits per heavy atom. The Morgan fingerprint density at radius 3 is 2.62 bits per heavy atom. The molecule has 0 heterocycles. The zero-order chi connectivity index (χ0) is 12.2. The summed E-state index contributed by atoms with van der Waals surface area (Å²) in [5.74, 6) is -0.0192. The molecule has 1 N–H and O–H groups in total. The fourth-order valence-corrected chi connectivity index (χ4v) is 1.53. The van der Waals surface area contributed by atoms with Crippen LogP contribution in [0.15, 0.2) is 23.1 Å². The monoisotopic (exact) mass is 265 g/mol. The molecule has 0 atom stereocenters. The van der Waals surface area contributed by atoms with Crippen LogP contribution in [0.3, 0.4) is 0 Å². The van der Waals surface area contributed by atoms with E-state index in [1.807, 2.05) is 0 Å². The SMILES string of the molecule is N#[N+]c1cc(OOOS)ccc1S(=O)(=O)O. The van der Waals surface area contributed by atoms with Crippen LogP contribution in [0.1, 0.15) is 0 Å². The third-order valence-corrected chi connectivity index (χ3v) is 2.44. The van der Waals surface area contributed by atoms with Gasteiger partial charge in [-0.1, -0.05) is 0 Å². The first-order valence-corrected chi connectivity index (χ1v) is 5.41. The summed E-state index contributed by atoms with van der Waals surface area (Å²) < 4.78 is 34.2. The molecule has 0 bridgehead atoms. The first-order valence-electron chi connectivity index (χ1n) is 3.60. The lowest BCUT2D eigenvalue weighted by atomic mass is 10.3. The summed E-state index contributed by atoms with van der Waals surface area (Å²) in [6.45, 7) is 0. The van der Waals surface area contributed by atoms with Gasteiger partial charge in [0.15, 0.2) is 15.6 Å². The Bertz CT molecular complexity index is 522. The van der Waals surface area contributed by atoms with Crippen molar-refractivity contribution in [3.63, 3.8) is 0 Å². The van der Waals surface area contributed by atoms with Crippen LogP contribution in [0.4, 0.5) is 5.69 Å². The summed E-state index contributed by atoms with van der Waals surface area (Å²) in [5.41, 5.74) is -0.414. The normalized spacial score (nSPS) is 10.8. The second-order valence-corrected chi connectivity index (χ2v) is 3.97. The molecule has 0 radical (unpaired) electrons. The average Bonchev–Trinajstić information content (AvgIpc) is 2.24. The van der Waals surface area contributed by atoms with Gasteiger partial charge in [-0.05, 0) is 17.2 Å². The van der Waals surface area contributed by atoms with Crippen molar-refractivity contribution in [2.45, 2.75) is 4.90 Å². The van der Waals surface area contributed by atoms with Gasteiger partial charge in [-0.15, -0.1) is 4.33 Å². The first-order chi connectivity index (χ1) is 7.49. The highest BCUT2D eigenvalue weighted by Crippen LogP contribution is 2.28. The number of nitrogens with zero attached hydrogens (tertiary/aromatic N) is 2. The standard InChI is InChI=1S/C6H4N2O6S2/c7-8-5-3-4(12-13-14-15)1-2-6(5)16(9,10)11/h1-3H,(H-,9,10,11,15)/p+1. The molecule has 1 aromatic rings. The highest BCUT2D eigenvalue weighted by atomic mass is 32.2. The topological polar surface area (TPSA) is 110 Å². The molecular formula is C6H5N2O6S2+. The van der Waals surface area contributed by atoms with E-state index in [2.05, 4.69) is 32.1 Å². The Balaban J connectivity index is 3.14. The lowest BCUT2D eigenvalue weighted by molar-refractivity contribution is -0.402. The summed E-state index contributed by atoms with van der Waals surface area (Å²) in [6.07, 6.45) is 0. The number of hydrogen-bond acceptors (Lipinski definition) is 7. The molecule has 1 rings (SSSR count). The molecule has 0 unspecified atom stereocenters. The van der Waals surface area contributed by atoms with Crippen LogP contribution in [0.25, 0.3) is 4.98 Å². The van der Waals surface area contributed by atoms with Crippen molar-refractivity contribution in [3.8, 4) is 5.75 Å². The predicted octanol–water partition coefficient (Wildman–Crippen LogP) is 1.50. The summed E-state index contributed by atoms with van der Waals surface area (Å²) in [7, 11) is -4.48. The highest BCUT2D eigenvalue weighted by molar-refractivity contribution is 7.86. The summed E-state index contributed by atoms with van der Waals surface area (Å²) in [6, 6.07) is 3.10. The van der Waals surface area contributed by atoms with Crippen LogP contribution in [0.2, 0.25) is 0 Å². The minimum absolute atomic E-state index is 0.0192. The van der Waals surface area contributed by atoms with Gasteiger partial charge >= 0.3 is 15.8 Å². The third-order valence-electron chi connectivity index (χ3n) is 1.48. The van der Waals surface area contributed by atoms with Crippen molar-refractivity contribution >= 4 is 28.7 Å². The summed E-state index contributed by atoms with van der Waals surface area (Å²) in [4.78, 5) is 6.52. The van der Waals surface area contributed by atoms with Crippen LogP contribution in [-0.2, 0) is 19.5 Å². The predicted molar refractivity (Wildman–Crippen MR) is 52.8 cm³/mol. The molecule has 0 aliphatic rings. The van der Waals surface area contributed by atoms with Crippen molar-refractivity contribution in [3.05, 3.63) is 23.2 Å². The van der Waals surface area contributed by atoms with Crippen molar-refractivity contribution in [2.75, 3.05) is 0 Å². The number of rotatable bonds is 4. The van der Waals surface area contributed by atoms with Gasteiger partial charge in [0.1, 0.15) is 0 Å². The van der Waals surface area contributed by atoms with E-state index in [1.54, 1.807) is 0 Å². The van der Waals surface area contributed by atoms with Crippen LogP contribution in [-0.4, -0.2) is 13.0 Å². The molecular weight excluding hydrogens is 260 g/mol. The van der Waals surface area contributed by atoms with Gasteiger partial charge < -0.3 is 4.89 Å². The van der Waals surface area contributed by atoms with Crippen molar-refractivity contribution in [2.24, 2.45) is 0 Å². The van der Waals surface area contributed by atoms with Crippen LogP contribution < -0.4 is 4.89 Å². The Morgan fingerprint density at radius 1 is 1.44 bits per heavy atom. The zero-order valence-electron chi connectivity index (χ0n) is 7.47. The Kier molecular flexibility index (Phi) is 4.05. The minimum atomic E-state index is -4.48. The molecule has 10 heteroatoms. The van der Waals surface area contributed by atoms with Gasteiger partial charge in [-0.2, -0.15) is 8.42 Å². The molecule has 0 aromatic heterocycles. The van der Waals surface area contributed by atoms with E-state index in [9.17, 15) is 8.42 Å². The van der Waals surface area contributed by atoms with Gasteiger partial charge in [0.05, 0.1) is 6.07 Å². The maximum atomic E-state index is 10.8. The molecule has 16 heavy (non-hydrogen) atoms. The number of diazo groups is 1. The van der Waals surface area contributed by atoms with E-state index in [0.717, 1.165) is 18.2 Å². The number of thiol groups is 1. The highest BCUT2D eigenvalue weighted by Gasteiger charge is 2.25. The van der Waals surface area contributed by atoms with Gasteiger partial charge in [-0.3, -0.25) is 4.55 Å². The summed E-state index contributed by atoms with van der Waals surface area (Å²) in [5, 5.41) is 12.5. The van der Waals surface area contributed by atoms with Crippen molar-refractivity contribution < 1.29 is 27.2 Å². The quantitative estimate of drug-likeness (QED) is 0.212. The second kappa shape index (κ2) is 5.10. The minimum Gasteiger partial charge on any atom is -0.307 e. The van der Waals surface area contributed by atoms with E-state index in [-0.39, 0.29) is 5.75 Å². The van der Waals surface area contributed by atoms with Crippen LogP contribution in [0, 0.1) is 5.39 Å². The maximum Gasteiger partial charge on any atom is 0.409 e. The molecule has 1 aromatic carbocycles. The molecule has 8 nitrogen and oxygen atoms in total. The maximum absolute atomic E-state index is 10.8. The Labute approximate surface area is 95.6 Å². The van der Waals surface area contributed by atoms with Gasteiger partial charge in [0.2, 0.25) is 5.39 Å². The average molecular weight is 265 g/mol. The van der Waals surface area contributed by atoms with Crippen LogP contribution >= 0.6 is 12.9 Å². The molecule has 0 saturated carbocycles. The van der Waals surface area contributed by atoms with E-state index in [4.69, 9.17) is 9.95 Å². The molecule has 0 spiro atoms. The van der Waals surface area contributed by atoms with E-state index in [1.165, 1.54) is 0 Å². The number of benzene rings is 1. The van der Waals surface area contributed by atoms with Gasteiger partial charge in [0.25, 0.3) is 0 Å². The van der Waals surface area contributed by atoms with E-state index < -0.39 is 20.7 Å². The van der Waals surface area contributed by atoms with E-state index in [0.29, 0.717) is 0 Å². The third kappa shape index (κ3) is 3.05. The lowest BCUT2D eigenvalue weighted by Crippen LogP contribution is -1.99. The largest absolute Gasteiger partial charge is 0.409 e. The zero-order valence-corrected chi connectivity index (χ0v) is 9.18. The second-order valence-electron chi connectivity index (χ2n) is 2.43.